The van der Waals surface area contributed by atoms with E-state index >= 15 is 0 Å². The van der Waals surface area contributed by atoms with Crippen LogP contribution in [-0.2, 0) is 16.1 Å². The third-order valence-electron chi connectivity index (χ3n) is 4.08. The molecule has 2 atom stereocenters. The van der Waals surface area contributed by atoms with Crippen molar-refractivity contribution in [2.24, 2.45) is 0 Å². The first-order chi connectivity index (χ1) is 9.97. The van der Waals surface area contributed by atoms with Gasteiger partial charge in [0.25, 0.3) is 0 Å². The van der Waals surface area contributed by atoms with Crippen LogP contribution >= 0.6 is 11.3 Å². The summed E-state index contributed by atoms with van der Waals surface area (Å²) in [4.78, 5) is 29.1. The summed E-state index contributed by atoms with van der Waals surface area (Å²) in [5, 5.41) is 2.87. The molecule has 0 saturated carbocycles. The predicted octanol–water partition coefficient (Wildman–Crippen LogP) is 2.77. The summed E-state index contributed by atoms with van der Waals surface area (Å²) in [6, 6.07) is 1.43. The zero-order valence-electron chi connectivity index (χ0n) is 13.2. The van der Waals surface area contributed by atoms with Crippen LogP contribution in [-0.4, -0.2) is 28.8 Å². The van der Waals surface area contributed by atoms with E-state index in [-0.39, 0.29) is 23.9 Å². The lowest BCUT2D eigenvalue weighted by molar-refractivity contribution is -0.150. The SMILES string of the molecule is CCCC1NC(=O)C(CC)N(Cc2cc(C)c(C)s2)C1=O. The van der Waals surface area contributed by atoms with E-state index < -0.39 is 0 Å². The Morgan fingerprint density at radius 1 is 1.29 bits per heavy atom. The van der Waals surface area contributed by atoms with E-state index in [9.17, 15) is 9.59 Å². The van der Waals surface area contributed by atoms with Crippen molar-refractivity contribution in [1.82, 2.24) is 10.2 Å². The third-order valence-corrected chi connectivity index (χ3v) is 5.22. The smallest absolute Gasteiger partial charge is 0.246 e. The Balaban J connectivity index is 2.22. The van der Waals surface area contributed by atoms with Crippen LogP contribution in [0.25, 0.3) is 0 Å². The molecule has 2 amide bonds. The topological polar surface area (TPSA) is 49.4 Å². The van der Waals surface area contributed by atoms with Crippen molar-refractivity contribution in [3.63, 3.8) is 0 Å². The summed E-state index contributed by atoms with van der Waals surface area (Å²) in [6.07, 6.45) is 2.25. The zero-order valence-corrected chi connectivity index (χ0v) is 14.0. The van der Waals surface area contributed by atoms with Crippen LogP contribution in [0.3, 0.4) is 0 Å². The molecule has 0 radical (unpaired) electrons. The van der Waals surface area contributed by atoms with E-state index in [1.54, 1.807) is 16.2 Å². The zero-order chi connectivity index (χ0) is 15.6. The average Bonchev–Trinajstić information content (AvgIpc) is 2.74. The number of hydrogen-bond acceptors (Lipinski definition) is 3. The highest BCUT2D eigenvalue weighted by molar-refractivity contribution is 7.12. The molecule has 0 bridgehead atoms. The fourth-order valence-electron chi connectivity index (χ4n) is 2.80. The molecule has 116 valence electrons. The highest BCUT2D eigenvalue weighted by Crippen LogP contribution is 2.25. The van der Waals surface area contributed by atoms with E-state index in [1.165, 1.54) is 10.4 Å². The van der Waals surface area contributed by atoms with Gasteiger partial charge in [0, 0.05) is 9.75 Å². The maximum atomic E-state index is 12.6. The minimum Gasteiger partial charge on any atom is -0.343 e. The van der Waals surface area contributed by atoms with Gasteiger partial charge in [0.1, 0.15) is 12.1 Å². The van der Waals surface area contributed by atoms with Crippen molar-refractivity contribution < 1.29 is 9.59 Å². The second-order valence-electron chi connectivity index (χ2n) is 5.69. The Morgan fingerprint density at radius 2 is 2.00 bits per heavy atom. The molecule has 2 unspecified atom stereocenters. The monoisotopic (exact) mass is 308 g/mol. The molecule has 0 spiro atoms. The Bertz CT molecular complexity index is 519. The molecule has 2 heterocycles. The number of rotatable bonds is 5. The number of carbonyl (C=O) groups is 2. The van der Waals surface area contributed by atoms with E-state index in [0.717, 1.165) is 11.3 Å². The van der Waals surface area contributed by atoms with Crippen molar-refractivity contribution in [2.75, 3.05) is 0 Å². The van der Waals surface area contributed by atoms with Crippen molar-refractivity contribution in [3.05, 3.63) is 21.4 Å². The largest absolute Gasteiger partial charge is 0.343 e. The molecule has 1 aliphatic rings. The first-order valence-corrected chi connectivity index (χ1v) is 8.46. The van der Waals surface area contributed by atoms with E-state index in [0.29, 0.717) is 19.4 Å². The van der Waals surface area contributed by atoms with Gasteiger partial charge in [0.2, 0.25) is 11.8 Å². The Hall–Kier alpha value is -1.36. The molecule has 0 aliphatic carbocycles. The second kappa shape index (κ2) is 6.60. The van der Waals surface area contributed by atoms with Gasteiger partial charge in [0.05, 0.1) is 6.54 Å². The molecule has 1 aliphatic heterocycles. The highest BCUT2D eigenvalue weighted by Gasteiger charge is 2.39. The van der Waals surface area contributed by atoms with Gasteiger partial charge in [-0.25, -0.2) is 0 Å². The summed E-state index contributed by atoms with van der Waals surface area (Å²) < 4.78 is 0. The van der Waals surface area contributed by atoms with E-state index in [4.69, 9.17) is 0 Å². The molecule has 1 aromatic heterocycles. The van der Waals surface area contributed by atoms with Crippen LogP contribution in [0.4, 0.5) is 0 Å². The van der Waals surface area contributed by atoms with Crippen LogP contribution in [0.15, 0.2) is 6.07 Å². The summed E-state index contributed by atoms with van der Waals surface area (Å²) in [7, 11) is 0. The van der Waals surface area contributed by atoms with Gasteiger partial charge in [-0.15, -0.1) is 11.3 Å². The number of nitrogens with one attached hydrogen (secondary N) is 1. The number of hydrogen-bond donors (Lipinski definition) is 1. The maximum Gasteiger partial charge on any atom is 0.246 e. The van der Waals surface area contributed by atoms with Gasteiger partial charge in [-0.05, 0) is 38.3 Å². The molecule has 0 aromatic carbocycles. The number of nitrogens with zero attached hydrogens (tertiary/aromatic N) is 1. The second-order valence-corrected chi connectivity index (χ2v) is 7.03. The predicted molar refractivity (Wildman–Crippen MR) is 85.3 cm³/mol. The summed E-state index contributed by atoms with van der Waals surface area (Å²) >= 11 is 1.71. The lowest BCUT2D eigenvalue weighted by atomic mass is 10.0. The molecule has 1 saturated heterocycles. The molecule has 5 heteroatoms. The van der Waals surface area contributed by atoms with Gasteiger partial charge in [-0.2, -0.15) is 0 Å². The quantitative estimate of drug-likeness (QED) is 0.909. The molecule has 1 aromatic rings. The third kappa shape index (κ3) is 3.28. The highest BCUT2D eigenvalue weighted by atomic mass is 32.1. The minimum absolute atomic E-state index is 0.0134. The molecule has 21 heavy (non-hydrogen) atoms. The van der Waals surface area contributed by atoms with Gasteiger partial charge in [0.15, 0.2) is 0 Å². The van der Waals surface area contributed by atoms with Crippen molar-refractivity contribution in [2.45, 2.75) is 65.6 Å². The molecule has 2 rings (SSSR count). The number of thiophene rings is 1. The van der Waals surface area contributed by atoms with E-state index in [1.807, 2.05) is 13.8 Å². The van der Waals surface area contributed by atoms with Crippen molar-refractivity contribution >= 4 is 23.2 Å². The van der Waals surface area contributed by atoms with Crippen molar-refractivity contribution in [1.29, 1.82) is 0 Å². The molecule has 4 nitrogen and oxygen atoms in total. The average molecular weight is 308 g/mol. The summed E-state index contributed by atoms with van der Waals surface area (Å²) in [6.45, 7) is 8.70. The lowest BCUT2D eigenvalue weighted by Crippen LogP contribution is -2.62. The Kier molecular flexibility index (Phi) is 5.04. The Labute approximate surface area is 130 Å². The standard InChI is InChI=1S/C16H24N2O2S/c1-5-7-13-16(20)18(14(6-2)15(19)17-13)9-12-8-10(3)11(4)21-12/h8,13-14H,5-7,9H2,1-4H3,(H,17,19). The first kappa shape index (κ1) is 16.0. The minimum atomic E-state index is -0.354. The van der Waals surface area contributed by atoms with Crippen LogP contribution in [0, 0.1) is 13.8 Å². The van der Waals surface area contributed by atoms with Crippen LogP contribution < -0.4 is 5.32 Å². The number of aryl methyl sites for hydroxylation is 2. The normalized spacial score (nSPS) is 22.6. The van der Waals surface area contributed by atoms with Gasteiger partial charge < -0.3 is 10.2 Å². The summed E-state index contributed by atoms with van der Waals surface area (Å²) in [5.74, 6) is 0.0487. The molecular formula is C16H24N2O2S. The van der Waals surface area contributed by atoms with Gasteiger partial charge in [-0.1, -0.05) is 20.3 Å². The molecule has 1 N–H and O–H groups in total. The molecule has 1 fully saturated rings. The fraction of sp³-hybridized carbons (Fsp3) is 0.625. The lowest BCUT2D eigenvalue weighted by Gasteiger charge is -2.38. The first-order valence-electron chi connectivity index (χ1n) is 7.64. The number of piperazine rings is 1. The fourth-order valence-corrected chi connectivity index (χ4v) is 3.85. The van der Waals surface area contributed by atoms with Crippen LogP contribution in [0.1, 0.15) is 48.4 Å². The van der Waals surface area contributed by atoms with Gasteiger partial charge in [-0.3, -0.25) is 9.59 Å². The van der Waals surface area contributed by atoms with Crippen LogP contribution in [0.2, 0.25) is 0 Å². The van der Waals surface area contributed by atoms with E-state index in [2.05, 4.69) is 25.2 Å². The number of amides is 2. The Morgan fingerprint density at radius 3 is 2.52 bits per heavy atom. The molecular weight excluding hydrogens is 284 g/mol. The summed E-state index contributed by atoms with van der Waals surface area (Å²) in [5.41, 5.74) is 1.25. The van der Waals surface area contributed by atoms with Gasteiger partial charge >= 0.3 is 0 Å². The maximum absolute atomic E-state index is 12.6. The van der Waals surface area contributed by atoms with Crippen molar-refractivity contribution in [3.8, 4) is 0 Å². The van der Waals surface area contributed by atoms with Crippen LogP contribution in [0.5, 0.6) is 0 Å². The number of carbonyl (C=O) groups excluding carboxylic acids is 2.